The van der Waals surface area contributed by atoms with Crippen molar-refractivity contribution in [3.05, 3.63) is 48.2 Å². The number of anilines is 5. The monoisotopic (exact) mass is 480 g/mol. The quantitative estimate of drug-likeness (QED) is 0.370. The first kappa shape index (κ1) is 25.4. The van der Waals surface area contributed by atoms with E-state index in [1.807, 2.05) is 25.1 Å². The Morgan fingerprint density at radius 2 is 1.40 bits per heavy atom. The first-order chi connectivity index (χ1) is 16.9. The maximum Gasteiger partial charge on any atom is 0.323 e. The molecule has 0 spiro atoms. The van der Waals surface area contributed by atoms with E-state index in [2.05, 4.69) is 44.7 Å². The van der Waals surface area contributed by atoms with Gasteiger partial charge in [-0.2, -0.15) is 4.98 Å². The summed E-state index contributed by atoms with van der Waals surface area (Å²) in [5.74, 6) is 2.74. The zero-order chi connectivity index (χ0) is 25.4. The molecule has 0 aliphatic carbocycles. The molecule has 0 saturated carbocycles. The van der Waals surface area contributed by atoms with Gasteiger partial charge in [0.2, 0.25) is 11.7 Å². The maximum atomic E-state index is 12.5. The van der Waals surface area contributed by atoms with E-state index in [1.165, 1.54) is 21.3 Å². The normalized spacial score (nSPS) is 10.3. The average Bonchev–Trinajstić information content (AvgIpc) is 2.85. The van der Waals surface area contributed by atoms with Crippen LogP contribution in [0.1, 0.15) is 19.5 Å². The molecular formula is C25H32N6O4. The summed E-state index contributed by atoms with van der Waals surface area (Å²) in [6.45, 7) is 7.87. The van der Waals surface area contributed by atoms with Crippen LogP contribution in [0, 0.1) is 6.92 Å². The van der Waals surface area contributed by atoms with Gasteiger partial charge in [0.15, 0.2) is 11.5 Å². The summed E-state index contributed by atoms with van der Waals surface area (Å²) in [5, 5.41) is 8.81. The highest BCUT2D eigenvalue weighted by Gasteiger charge is 2.15. The van der Waals surface area contributed by atoms with Crippen molar-refractivity contribution in [2.75, 3.05) is 55.3 Å². The fraction of sp³-hybridized carbons (Fsp3) is 0.320. The number of urea groups is 1. The number of nitrogens with one attached hydrogen (secondary N) is 3. The number of rotatable bonds is 10. The molecule has 0 fully saturated rings. The molecule has 10 heteroatoms. The van der Waals surface area contributed by atoms with Crippen LogP contribution in [-0.2, 0) is 0 Å². The van der Waals surface area contributed by atoms with E-state index in [-0.39, 0.29) is 0 Å². The zero-order valence-electron chi connectivity index (χ0n) is 20.9. The molecule has 0 bridgehead atoms. The number of nitrogens with zero attached hydrogens (tertiary/aromatic N) is 3. The zero-order valence-corrected chi connectivity index (χ0v) is 20.9. The van der Waals surface area contributed by atoms with Crippen molar-refractivity contribution in [3.8, 4) is 17.2 Å². The fourth-order valence-electron chi connectivity index (χ4n) is 3.53. The largest absolute Gasteiger partial charge is 0.493 e. The van der Waals surface area contributed by atoms with E-state index >= 15 is 0 Å². The number of aryl methyl sites for hydroxylation is 1. The van der Waals surface area contributed by atoms with E-state index in [9.17, 15) is 4.79 Å². The molecule has 0 radical (unpaired) electrons. The van der Waals surface area contributed by atoms with Crippen LogP contribution < -0.4 is 35.1 Å². The van der Waals surface area contributed by atoms with Crippen LogP contribution in [0.5, 0.6) is 17.2 Å². The number of carbonyl (C=O) groups is 1. The van der Waals surface area contributed by atoms with Gasteiger partial charge in [-0.25, -0.2) is 9.78 Å². The standard InChI is InChI=1S/C25H32N6O4/c1-7-31(8-2)22-13-16(3)26-24(30-22)27-17-9-11-18(12-10-17)28-25(32)29-19-14-20(33-4)23(35-6)21(15-19)34-5/h9-15H,7-8H2,1-6H3,(H,26,27,30)(H2,28,29,32). The highest BCUT2D eigenvalue weighted by Crippen LogP contribution is 2.40. The van der Waals surface area contributed by atoms with Crippen molar-refractivity contribution >= 4 is 34.9 Å². The summed E-state index contributed by atoms with van der Waals surface area (Å²) < 4.78 is 16.0. The van der Waals surface area contributed by atoms with E-state index in [1.54, 1.807) is 24.3 Å². The molecule has 3 aromatic rings. The lowest BCUT2D eigenvalue weighted by Gasteiger charge is -2.20. The topological polar surface area (TPSA) is 110 Å². The lowest BCUT2D eigenvalue weighted by Crippen LogP contribution is -2.23. The molecule has 2 amide bonds. The molecular weight excluding hydrogens is 448 g/mol. The van der Waals surface area contributed by atoms with Gasteiger partial charge in [0.25, 0.3) is 0 Å². The third-order valence-corrected chi connectivity index (χ3v) is 5.25. The van der Waals surface area contributed by atoms with E-state index in [0.717, 1.165) is 30.3 Å². The van der Waals surface area contributed by atoms with Gasteiger partial charge in [-0.1, -0.05) is 0 Å². The number of amides is 2. The third kappa shape index (κ3) is 6.44. The van der Waals surface area contributed by atoms with Crippen LogP contribution in [-0.4, -0.2) is 50.4 Å². The molecule has 0 atom stereocenters. The second kappa shape index (κ2) is 11.8. The van der Waals surface area contributed by atoms with Gasteiger partial charge in [-0.3, -0.25) is 0 Å². The van der Waals surface area contributed by atoms with Gasteiger partial charge in [0.05, 0.1) is 27.0 Å². The molecule has 186 valence electrons. The van der Waals surface area contributed by atoms with Gasteiger partial charge in [-0.15, -0.1) is 0 Å². The van der Waals surface area contributed by atoms with Crippen LogP contribution in [0.25, 0.3) is 0 Å². The number of carbonyl (C=O) groups excluding carboxylic acids is 1. The number of benzene rings is 2. The average molecular weight is 481 g/mol. The lowest BCUT2D eigenvalue weighted by molar-refractivity contribution is 0.262. The second-order valence-corrected chi connectivity index (χ2v) is 7.56. The first-order valence-corrected chi connectivity index (χ1v) is 11.3. The highest BCUT2D eigenvalue weighted by atomic mass is 16.5. The number of ether oxygens (including phenoxy) is 3. The Balaban J connectivity index is 1.67. The molecule has 35 heavy (non-hydrogen) atoms. The number of hydrogen-bond donors (Lipinski definition) is 3. The minimum Gasteiger partial charge on any atom is -0.493 e. The predicted octanol–water partition coefficient (Wildman–Crippen LogP) is 5.04. The summed E-state index contributed by atoms with van der Waals surface area (Å²) in [6, 6.07) is 12.1. The maximum absolute atomic E-state index is 12.5. The van der Waals surface area contributed by atoms with Crippen molar-refractivity contribution in [2.24, 2.45) is 0 Å². The Labute approximate surface area is 205 Å². The van der Waals surface area contributed by atoms with Crippen LogP contribution in [0.4, 0.5) is 33.6 Å². The summed E-state index contributed by atoms with van der Waals surface area (Å²) in [6.07, 6.45) is 0. The van der Waals surface area contributed by atoms with E-state index in [0.29, 0.717) is 34.6 Å². The molecule has 0 aliphatic heterocycles. The molecule has 3 N–H and O–H groups in total. The van der Waals surface area contributed by atoms with Crippen LogP contribution >= 0.6 is 0 Å². The Hall–Kier alpha value is -4.21. The van der Waals surface area contributed by atoms with Gasteiger partial charge in [-0.05, 0) is 45.0 Å². The van der Waals surface area contributed by atoms with Gasteiger partial charge in [0.1, 0.15) is 5.82 Å². The summed E-state index contributed by atoms with van der Waals surface area (Å²) in [4.78, 5) is 23.8. The smallest absolute Gasteiger partial charge is 0.323 e. The fourth-order valence-corrected chi connectivity index (χ4v) is 3.53. The predicted molar refractivity (Wildman–Crippen MR) is 139 cm³/mol. The summed E-state index contributed by atoms with van der Waals surface area (Å²) in [5.41, 5.74) is 2.80. The number of aromatic nitrogens is 2. The van der Waals surface area contributed by atoms with Crippen molar-refractivity contribution in [3.63, 3.8) is 0 Å². The highest BCUT2D eigenvalue weighted by molar-refractivity contribution is 6.00. The van der Waals surface area contributed by atoms with Crippen molar-refractivity contribution in [1.82, 2.24) is 9.97 Å². The second-order valence-electron chi connectivity index (χ2n) is 7.56. The molecule has 10 nitrogen and oxygen atoms in total. The van der Waals surface area contributed by atoms with Crippen molar-refractivity contribution in [2.45, 2.75) is 20.8 Å². The molecule has 0 aliphatic rings. The molecule has 2 aromatic carbocycles. The number of methoxy groups -OCH3 is 3. The molecule has 1 aromatic heterocycles. The first-order valence-electron chi connectivity index (χ1n) is 11.3. The summed E-state index contributed by atoms with van der Waals surface area (Å²) >= 11 is 0. The Morgan fingerprint density at radius 1 is 0.829 bits per heavy atom. The van der Waals surface area contributed by atoms with Crippen molar-refractivity contribution in [1.29, 1.82) is 0 Å². The lowest BCUT2D eigenvalue weighted by atomic mass is 10.2. The third-order valence-electron chi connectivity index (χ3n) is 5.25. The molecule has 1 heterocycles. The van der Waals surface area contributed by atoms with Gasteiger partial charge in [0, 0.05) is 48.4 Å². The van der Waals surface area contributed by atoms with Crippen LogP contribution in [0.2, 0.25) is 0 Å². The Kier molecular flexibility index (Phi) is 8.55. The van der Waals surface area contributed by atoms with Gasteiger partial charge >= 0.3 is 6.03 Å². The SMILES string of the molecule is CCN(CC)c1cc(C)nc(Nc2ccc(NC(=O)Nc3cc(OC)c(OC)c(OC)c3)cc2)n1. The Bertz CT molecular complexity index is 1120. The molecule has 3 rings (SSSR count). The molecule has 0 saturated heterocycles. The van der Waals surface area contributed by atoms with Crippen LogP contribution in [0.3, 0.4) is 0 Å². The van der Waals surface area contributed by atoms with E-state index in [4.69, 9.17) is 14.2 Å². The van der Waals surface area contributed by atoms with Crippen LogP contribution in [0.15, 0.2) is 42.5 Å². The minimum absolute atomic E-state index is 0.411. The van der Waals surface area contributed by atoms with E-state index < -0.39 is 6.03 Å². The minimum atomic E-state index is -0.411. The van der Waals surface area contributed by atoms with Gasteiger partial charge < -0.3 is 35.1 Å². The Morgan fingerprint density at radius 3 is 1.94 bits per heavy atom. The summed E-state index contributed by atoms with van der Waals surface area (Å²) in [7, 11) is 4.56. The van der Waals surface area contributed by atoms with Crippen molar-refractivity contribution < 1.29 is 19.0 Å². The molecule has 0 unspecified atom stereocenters. The number of hydrogen-bond acceptors (Lipinski definition) is 8.